The van der Waals surface area contributed by atoms with Gasteiger partial charge in [0.25, 0.3) is 0 Å². The number of hydrogen-bond donors (Lipinski definition) is 0. The van der Waals surface area contributed by atoms with E-state index in [0.29, 0.717) is 6.61 Å². The highest BCUT2D eigenvalue weighted by molar-refractivity contribution is 4.57. The molecular weight excluding hydrogens is 224 g/mol. The minimum Gasteiger partial charge on any atom is -0.324 e. The number of ether oxygens (including phenoxy) is 1. The van der Waals surface area contributed by atoms with E-state index in [-0.39, 0.29) is 0 Å². The molecule has 5 heteroatoms. The van der Waals surface area contributed by atoms with E-state index in [1.165, 1.54) is 0 Å². The maximum absolute atomic E-state index is 5.33. The van der Waals surface area contributed by atoms with E-state index >= 15 is 0 Å². The molecule has 0 aromatic heterocycles. The van der Waals surface area contributed by atoms with Crippen LogP contribution in [0, 0.1) is 0 Å². The topological polar surface area (TPSA) is 46.2 Å². The van der Waals surface area contributed by atoms with Crippen LogP contribution in [0.3, 0.4) is 0 Å². The molecule has 0 heterocycles. The minimum atomic E-state index is -1.38. The first-order chi connectivity index (χ1) is 7.47. The van der Waals surface area contributed by atoms with E-state index in [4.69, 9.17) is 24.3 Å². The van der Waals surface area contributed by atoms with Gasteiger partial charge < -0.3 is 4.74 Å². The fourth-order valence-corrected chi connectivity index (χ4v) is 0.726. The lowest BCUT2D eigenvalue weighted by Gasteiger charge is -2.31. The van der Waals surface area contributed by atoms with E-state index in [9.17, 15) is 0 Å². The van der Waals surface area contributed by atoms with Crippen molar-refractivity contribution in [2.24, 2.45) is 0 Å². The fraction of sp³-hybridized carbons (Fsp3) is 1.00. The number of hydrogen-bond acceptors (Lipinski definition) is 5. The highest BCUT2D eigenvalue weighted by atomic mass is 17.4. The van der Waals surface area contributed by atoms with E-state index in [2.05, 4.69) is 0 Å². The molecule has 0 saturated heterocycles. The molecule has 0 aliphatic heterocycles. The summed E-state index contributed by atoms with van der Waals surface area (Å²) in [7, 11) is 0. The van der Waals surface area contributed by atoms with Gasteiger partial charge in [-0.2, -0.15) is 9.78 Å². The van der Waals surface area contributed by atoms with Gasteiger partial charge in [-0.25, -0.2) is 9.78 Å². The normalized spacial score (nSPS) is 14.1. The summed E-state index contributed by atoms with van der Waals surface area (Å²) in [6, 6.07) is 0. The lowest BCUT2D eigenvalue weighted by molar-refractivity contribution is -0.594. The van der Waals surface area contributed by atoms with Crippen LogP contribution in [-0.2, 0) is 24.3 Å². The maximum atomic E-state index is 5.33. The third-order valence-electron chi connectivity index (χ3n) is 1.29. The summed E-state index contributed by atoms with van der Waals surface area (Å²) in [6.07, 6.45) is 0. The molecule has 0 N–H and O–H groups in total. The summed E-state index contributed by atoms with van der Waals surface area (Å²) in [5, 5.41) is 0. The maximum Gasteiger partial charge on any atom is 0.336 e. The summed E-state index contributed by atoms with van der Waals surface area (Å²) < 4.78 is 5.33. The van der Waals surface area contributed by atoms with E-state index in [1.807, 2.05) is 48.5 Å². The summed E-state index contributed by atoms with van der Waals surface area (Å²) in [5.41, 5.74) is -0.910. The molecule has 0 radical (unpaired) electrons. The van der Waals surface area contributed by atoms with E-state index < -0.39 is 17.2 Å². The van der Waals surface area contributed by atoms with Crippen LogP contribution < -0.4 is 0 Å². The quantitative estimate of drug-likeness (QED) is 0.411. The Bertz CT molecular complexity index is 196. The van der Waals surface area contributed by atoms with Crippen molar-refractivity contribution >= 4 is 0 Å². The summed E-state index contributed by atoms with van der Waals surface area (Å²) in [6.45, 7) is 15.0. The van der Waals surface area contributed by atoms with Crippen LogP contribution >= 0.6 is 0 Å². The van der Waals surface area contributed by atoms with Crippen molar-refractivity contribution in [3.63, 3.8) is 0 Å². The van der Waals surface area contributed by atoms with Crippen molar-refractivity contribution in [2.75, 3.05) is 6.61 Å². The first-order valence-corrected chi connectivity index (χ1v) is 5.85. The molecule has 0 aromatic carbocycles. The molecule has 0 rings (SSSR count). The zero-order valence-corrected chi connectivity index (χ0v) is 12.2. The Morgan fingerprint density at radius 2 is 1.00 bits per heavy atom. The Hall–Kier alpha value is -0.200. The molecule has 0 atom stereocenters. The molecule has 0 bridgehead atoms. The zero-order valence-electron chi connectivity index (χ0n) is 12.2. The van der Waals surface area contributed by atoms with Gasteiger partial charge in [-0.3, -0.25) is 0 Å². The van der Waals surface area contributed by atoms with Gasteiger partial charge >= 0.3 is 5.97 Å². The van der Waals surface area contributed by atoms with Crippen LogP contribution in [0.15, 0.2) is 0 Å². The predicted molar refractivity (Wildman–Crippen MR) is 63.9 cm³/mol. The molecule has 0 amide bonds. The van der Waals surface area contributed by atoms with Crippen LogP contribution in [0.2, 0.25) is 0 Å². The van der Waals surface area contributed by atoms with Crippen LogP contribution in [0.4, 0.5) is 0 Å². The van der Waals surface area contributed by atoms with Crippen molar-refractivity contribution in [1.82, 2.24) is 0 Å². The highest BCUT2D eigenvalue weighted by Gasteiger charge is 2.34. The smallest absolute Gasteiger partial charge is 0.324 e. The van der Waals surface area contributed by atoms with Crippen LogP contribution in [0.1, 0.15) is 55.4 Å². The van der Waals surface area contributed by atoms with E-state index in [1.54, 1.807) is 6.92 Å². The second-order valence-corrected chi connectivity index (χ2v) is 5.85. The van der Waals surface area contributed by atoms with Gasteiger partial charge in [-0.1, -0.05) is 0 Å². The second-order valence-electron chi connectivity index (χ2n) is 5.85. The third-order valence-corrected chi connectivity index (χ3v) is 1.29. The SMILES string of the molecule is CCOC(C)(OOC(C)(C)C)OOC(C)(C)C. The number of rotatable bonds is 6. The molecular formula is C12H26O5. The second kappa shape index (κ2) is 6.11. The third kappa shape index (κ3) is 9.50. The van der Waals surface area contributed by atoms with Gasteiger partial charge in [0.2, 0.25) is 0 Å². The average molecular weight is 250 g/mol. The van der Waals surface area contributed by atoms with E-state index in [0.717, 1.165) is 0 Å². The molecule has 0 aliphatic carbocycles. The predicted octanol–water partition coefficient (Wildman–Crippen LogP) is 3.19. The van der Waals surface area contributed by atoms with Crippen LogP contribution in [-0.4, -0.2) is 23.8 Å². The molecule has 0 aromatic rings. The molecule has 0 aliphatic rings. The van der Waals surface area contributed by atoms with Crippen molar-refractivity contribution in [3.8, 4) is 0 Å². The summed E-state index contributed by atoms with van der Waals surface area (Å²) >= 11 is 0. The first kappa shape index (κ1) is 16.8. The molecule has 0 unspecified atom stereocenters. The lowest BCUT2D eigenvalue weighted by Crippen LogP contribution is -2.40. The minimum absolute atomic E-state index is 0.414. The Balaban J connectivity index is 4.35. The van der Waals surface area contributed by atoms with Gasteiger partial charge in [-0.15, -0.1) is 0 Å². The molecule has 5 nitrogen and oxygen atoms in total. The lowest BCUT2D eigenvalue weighted by atomic mass is 10.2. The Kier molecular flexibility index (Phi) is 6.04. The Morgan fingerprint density at radius 1 is 0.647 bits per heavy atom. The van der Waals surface area contributed by atoms with Crippen molar-refractivity contribution in [2.45, 2.75) is 72.6 Å². The van der Waals surface area contributed by atoms with Crippen molar-refractivity contribution in [1.29, 1.82) is 0 Å². The average Bonchev–Trinajstić information content (AvgIpc) is 2.11. The zero-order chi connectivity index (χ0) is 13.7. The van der Waals surface area contributed by atoms with Crippen molar-refractivity contribution in [3.05, 3.63) is 0 Å². The van der Waals surface area contributed by atoms with Gasteiger partial charge in [0.05, 0.1) is 11.2 Å². The highest BCUT2D eigenvalue weighted by Crippen LogP contribution is 2.22. The monoisotopic (exact) mass is 250 g/mol. The van der Waals surface area contributed by atoms with Crippen LogP contribution in [0.5, 0.6) is 0 Å². The molecule has 17 heavy (non-hydrogen) atoms. The molecule has 0 spiro atoms. The van der Waals surface area contributed by atoms with Gasteiger partial charge in [-0.05, 0) is 48.5 Å². The summed E-state index contributed by atoms with van der Waals surface area (Å²) in [5.74, 6) is -1.38. The largest absolute Gasteiger partial charge is 0.336 e. The van der Waals surface area contributed by atoms with Gasteiger partial charge in [0, 0.05) is 13.5 Å². The first-order valence-electron chi connectivity index (χ1n) is 5.85. The molecule has 0 saturated carbocycles. The standard InChI is InChI=1S/C12H26O5/c1-9-13-12(8,16-14-10(2,3)4)17-15-11(5,6)7/h9H2,1-8H3. The van der Waals surface area contributed by atoms with Gasteiger partial charge in [0.1, 0.15) is 0 Å². The Morgan fingerprint density at radius 3 is 1.24 bits per heavy atom. The molecule has 0 fully saturated rings. The fourth-order valence-electron chi connectivity index (χ4n) is 0.726. The van der Waals surface area contributed by atoms with Gasteiger partial charge in [0.15, 0.2) is 0 Å². The van der Waals surface area contributed by atoms with Crippen LogP contribution in [0.25, 0.3) is 0 Å². The van der Waals surface area contributed by atoms with Crippen molar-refractivity contribution < 1.29 is 24.3 Å². The molecule has 104 valence electrons. The summed E-state index contributed by atoms with van der Waals surface area (Å²) in [4.78, 5) is 20.7. The Labute approximate surface area is 104 Å².